The van der Waals surface area contributed by atoms with Gasteiger partial charge in [0.2, 0.25) is 0 Å². The molecule has 0 radical (unpaired) electrons. The lowest BCUT2D eigenvalue weighted by Gasteiger charge is -2.24. The average molecular weight is 316 g/mol. The van der Waals surface area contributed by atoms with Crippen molar-refractivity contribution < 1.29 is 9.90 Å². The standard InChI is InChI=1S/C19H28N2O2/c1-4-21(14(2)3)12-15-5-8-17(9-6-15)19(23)20-18-10-7-16(11-18)13-22/h5-10,14,16,18,22H,4,11-13H2,1-3H3,(H,20,23)/t16-,18+/m0/s1. The van der Waals surface area contributed by atoms with E-state index in [1.54, 1.807) is 0 Å². The topological polar surface area (TPSA) is 52.6 Å². The number of nitrogens with one attached hydrogen (secondary N) is 1. The molecular formula is C19H28N2O2. The van der Waals surface area contributed by atoms with Gasteiger partial charge in [0.05, 0.1) is 0 Å². The minimum atomic E-state index is -0.0546. The van der Waals surface area contributed by atoms with E-state index >= 15 is 0 Å². The maximum atomic E-state index is 12.3. The minimum Gasteiger partial charge on any atom is -0.396 e. The minimum absolute atomic E-state index is 0.0239. The molecule has 0 unspecified atom stereocenters. The highest BCUT2D eigenvalue weighted by Gasteiger charge is 2.20. The third-order valence-corrected chi connectivity index (χ3v) is 4.46. The summed E-state index contributed by atoms with van der Waals surface area (Å²) in [5, 5.41) is 12.1. The van der Waals surface area contributed by atoms with E-state index in [1.165, 1.54) is 5.56 Å². The molecule has 0 heterocycles. The van der Waals surface area contributed by atoms with Gasteiger partial charge in [-0.3, -0.25) is 9.69 Å². The van der Waals surface area contributed by atoms with Crippen molar-refractivity contribution in [1.82, 2.24) is 10.2 Å². The summed E-state index contributed by atoms with van der Waals surface area (Å²) in [5.74, 6) is 0.111. The molecule has 2 N–H and O–H groups in total. The first-order valence-electron chi connectivity index (χ1n) is 8.46. The Hall–Kier alpha value is -1.65. The number of amides is 1. The van der Waals surface area contributed by atoms with Gasteiger partial charge in [-0.1, -0.05) is 31.2 Å². The van der Waals surface area contributed by atoms with Gasteiger partial charge in [0.15, 0.2) is 0 Å². The molecule has 1 aliphatic rings. The van der Waals surface area contributed by atoms with Crippen LogP contribution in [0.15, 0.2) is 36.4 Å². The van der Waals surface area contributed by atoms with Crippen molar-refractivity contribution in [3.63, 3.8) is 0 Å². The number of aliphatic hydroxyl groups excluding tert-OH is 1. The lowest BCUT2D eigenvalue weighted by molar-refractivity contribution is 0.0941. The number of rotatable bonds is 7. The Morgan fingerprint density at radius 1 is 1.30 bits per heavy atom. The highest BCUT2D eigenvalue weighted by Crippen LogP contribution is 2.17. The molecule has 0 aromatic heterocycles. The summed E-state index contributed by atoms with van der Waals surface area (Å²) < 4.78 is 0. The van der Waals surface area contributed by atoms with E-state index in [9.17, 15) is 4.79 Å². The van der Waals surface area contributed by atoms with E-state index in [4.69, 9.17) is 5.11 Å². The molecule has 0 saturated heterocycles. The Kier molecular flexibility index (Phi) is 6.37. The molecule has 0 saturated carbocycles. The molecular weight excluding hydrogens is 288 g/mol. The van der Waals surface area contributed by atoms with Crippen LogP contribution in [0.3, 0.4) is 0 Å². The van der Waals surface area contributed by atoms with Gasteiger partial charge in [-0.2, -0.15) is 0 Å². The number of benzene rings is 1. The smallest absolute Gasteiger partial charge is 0.251 e. The Balaban J connectivity index is 1.91. The molecule has 0 bridgehead atoms. The second-order valence-corrected chi connectivity index (χ2v) is 6.50. The van der Waals surface area contributed by atoms with E-state index in [0.717, 1.165) is 19.5 Å². The summed E-state index contributed by atoms with van der Waals surface area (Å²) in [4.78, 5) is 14.7. The molecule has 1 aromatic rings. The number of aliphatic hydroxyl groups is 1. The van der Waals surface area contributed by atoms with Gasteiger partial charge in [-0.05, 0) is 44.5 Å². The Morgan fingerprint density at radius 3 is 2.52 bits per heavy atom. The molecule has 1 amide bonds. The number of hydrogen-bond donors (Lipinski definition) is 2. The molecule has 126 valence electrons. The maximum absolute atomic E-state index is 12.3. The van der Waals surface area contributed by atoms with Gasteiger partial charge in [0, 0.05) is 36.7 Å². The largest absolute Gasteiger partial charge is 0.396 e. The van der Waals surface area contributed by atoms with Crippen LogP contribution in [0.2, 0.25) is 0 Å². The lowest BCUT2D eigenvalue weighted by atomic mass is 10.1. The van der Waals surface area contributed by atoms with E-state index in [2.05, 4.69) is 31.0 Å². The molecule has 0 aliphatic heterocycles. The molecule has 4 nitrogen and oxygen atoms in total. The summed E-state index contributed by atoms with van der Waals surface area (Å²) in [6.07, 6.45) is 4.72. The van der Waals surface area contributed by atoms with Crippen molar-refractivity contribution in [2.75, 3.05) is 13.2 Å². The SMILES string of the molecule is CCN(Cc1ccc(C(=O)N[C@@H]2C=C[C@H](CO)C2)cc1)C(C)C. The van der Waals surface area contributed by atoms with Crippen molar-refractivity contribution >= 4 is 5.91 Å². The summed E-state index contributed by atoms with van der Waals surface area (Å²) in [7, 11) is 0. The molecule has 2 atom stereocenters. The van der Waals surface area contributed by atoms with Crippen LogP contribution in [0, 0.1) is 5.92 Å². The average Bonchev–Trinajstić information content (AvgIpc) is 3.00. The summed E-state index contributed by atoms with van der Waals surface area (Å²) in [6, 6.07) is 8.37. The van der Waals surface area contributed by atoms with E-state index in [-0.39, 0.29) is 24.5 Å². The number of nitrogens with zero attached hydrogens (tertiary/aromatic N) is 1. The Morgan fingerprint density at radius 2 is 2.00 bits per heavy atom. The predicted molar refractivity (Wildman–Crippen MR) is 93.2 cm³/mol. The number of hydrogen-bond acceptors (Lipinski definition) is 3. The summed E-state index contributed by atoms with van der Waals surface area (Å²) in [6.45, 7) is 8.61. The fourth-order valence-electron chi connectivity index (χ4n) is 2.92. The number of carbonyl (C=O) groups excluding carboxylic acids is 1. The second kappa shape index (κ2) is 8.27. The van der Waals surface area contributed by atoms with Crippen molar-refractivity contribution in [3.8, 4) is 0 Å². The monoisotopic (exact) mass is 316 g/mol. The van der Waals surface area contributed by atoms with Crippen LogP contribution in [-0.2, 0) is 6.54 Å². The van der Waals surface area contributed by atoms with Gasteiger partial charge in [-0.15, -0.1) is 0 Å². The third-order valence-electron chi connectivity index (χ3n) is 4.46. The number of carbonyl (C=O) groups is 1. The first-order valence-corrected chi connectivity index (χ1v) is 8.46. The van der Waals surface area contributed by atoms with Gasteiger partial charge < -0.3 is 10.4 Å². The zero-order valence-corrected chi connectivity index (χ0v) is 14.3. The highest BCUT2D eigenvalue weighted by molar-refractivity contribution is 5.94. The quantitative estimate of drug-likeness (QED) is 0.760. The first kappa shape index (κ1) is 17.7. The Bertz CT molecular complexity index is 537. The predicted octanol–water partition coefficient (Wildman–Crippen LogP) is 2.58. The van der Waals surface area contributed by atoms with Gasteiger partial charge in [-0.25, -0.2) is 0 Å². The van der Waals surface area contributed by atoms with Crippen LogP contribution in [0.5, 0.6) is 0 Å². The molecule has 1 aliphatic carbocycles. The molecule has 4 heteroatoms. The normalized spacial score (nSPS) is 20.4. The Labute approximate surface area is 139 Å². The zero-order valence-electron chi connectivity index (χ0n) is 14.3. The van der Waals surface area contributed by atoms with Crippen LogP contribution in [0.1, 0.15) is 43.1 Å². The van der Waals surface area contributed by atoms with Crippen LogP contribution in [0.4, 0.5) is 0 Å². The lowest BCUT2D eigenvalue weighted by Crippen LogP contribution is -2.33. The van der Waals surface area contributed by atoms with Crippen LogP contribution < -0.4 is 5.32 Å². The molecule has 2 rings (SSSR count). The van der Waals surface area contributed by atoms with E-state index < -0.39 is 0 Å². The van der Waals surface area contributed by atoms with Gasteiger partial charge in [0.25, 0.3) is 5.91 Å². The molecule has 0 fully saturated rings. The van der Waals surface area contributed by atoms with E-state index in [1.807, 2.05) is 36.4 Å². The third kappa shape index (κ3) is 4.91. The summed E-state index contributed by atoms with van der Waals surface area (Å²) >= 11 is 0. The fourth-order valence-corrected chi connectivity index (χ4v) is 2.92. The van der Waals surface area contributed by atoms with Crippen LogP contribution in [-0.4, -0.2) is 41.1 Å². The molecule has 1 aromatic carbocycles. The fraction of sp³-hybridized carbons (Fsp3) is 0.526. The van der Waals surface area contributed by atoms with Gasteiger partial charge >= 0.3 is 0 Å². The first-order chi connectivity index (χ1) is 11.0. The van der Waals surface area contributed by atoms with Crippen LogP contribution >= 0.6 is 0 Å². The molecule has 23 heavy (non-hydrogen) atoms. The van der Waals surface area contributed by atoms with Crippen molar-refractivity contribution in [2.24, 2.45) is 5.92 Å². The summed E-state index contributed by atoms with van der Waals surface area (Å²) in [5.41, 5.74) is 1.90. The van der Waals surface area contributed by atoms with Crippen LogP contribution in [0.25, 0.3) is 0 Å². The van der Waals surface area contributed by atoms with Crippen molar-refractivity contribution in [1.29, 1.82) is 0 Å². The van der Waals surface area contributed by atoms with E-state index in [0.29, 0.717) is 11.6 Å². The second-order valence-electron chi connectivity index (χ2n) is 6.50. The van der Waals surface area contributed by atoms with Crippen molar-refractivity contribution in [3.05, 3.63) is 47.5 Å². The molecule has 0 spiro atoms. The van der Waals surface area contributed by atoms with Gasteiger partial charge in [0.1, 0.15) is 0 Å². The highest BCUT2D eigenvalue weighted by atomic mass is 16.3. The zero-order chi connectivity index (χ0) is 16.8. The maximum Gasteiger partial charge on any atom is 0.251 e. The van der Waals surface area contributed by atoms with Crippen molar-refractivity contribution in [2.45, 2.75) is 45.8 Å².